The Balaban J connectivity index is 2.57. The van der Waals surface area contributed by atoms with Gasteiger partial charge < -0.3 is 4.84 Å². The summed E-state index contributed by atoms with van der Waals surface area (Å²) >= 11 is 0. The van der Waals surface area contributed by atoms with E-state index in [1.54, 1.807) is 19.1 Å². The number of hydrogen-bond acceptors (Lipinski definition) is 4. The van der Waals surface area contributed by atoms with Gasteiger partial charge in [-0.2, -0.15) is 0 Å². The van der Waals surface area contributed by atoms with Crippen molar-refractivity contribution in [3.63, 3.8) is 0 Å². The van der Waals surface area contributed by atoms with Crippen molar-refractivity contribution in [2.75, 3.05) is 0 Å². The lowest BCUT2D eigenvalue weighted by atomic mass is 10.3. The topological polar surface area (TPSA) is 65.3 Å². The highest BCUT2D eigenvalue weighted by Gasteiger charge is 1.98. The van der Waals surface area contributed by atoms with Crippen molar-refractivity contribution in [3.05, 3.63) is 39.7 Å². The molecular formula is C7H7N2O3. The Morgan fingerprint density at radius 1 is 1.83 bits per heavy atom. The predicted molar refractivity (Wildman–Crippen MR) is 39.6 cm³/mol. The second-order valence-corrected chi connectivity index (χ2v) is 2.16. The van der Waals surface area contributed by atoms with E-state index in [9.17, 15) is 10.1 Å². The van der Waals surface area contributed by atoms with Crippen LogP contribution in [-0.2, 0) is 11.4 Å². The average Bonchev–Trinajstić information content (AvgIpc) is 2.01. The van der Waals surface area contributed by atoms with Crippen molar-refractivity contribution in [3.8, 4) is 0 Å². The fourth-order valence-corrected chi connectivity index (χ4v) is 0.743. The van der Waals surface area contributed by atoms with Crippen LogP contribution >= 0.6 is 0 Å². The zero-order valence-electron chi connectivity index (χ0n) is 6.48. The standard InChI is InChI=1S/C7H7N2O3/c1-6-3-2-4-7(8-6)5-12-9(10)11/h2,4H,5H2,1H3. The summed E-state index contributed by atoms with van der Waals surface area (Å²) in [5, 5.41) is 8.97. The molecule has 0 atom stereocenters. The fourth-order valence-electron chi connectivity index (χ4n) is 0.743. The highest BCUT2D eigenvalue weighted by Crippen LogP contribution is 1.98. The summed E-state index contributed by atoms with van der Waals surface area (Å²) in [6.45, 7) is 1.65. The summed E-state index contributed by atoms with van der Waals surface area (Å²) < 4.78 is 0. The molecule has 12 heavy (non-hydrogen) atoms. The van der Waals surface area contributed by atoms with E-state index in [1.807, 2.05) is 0 Å². The van der Waals surface area contributed by atoms with E-state index in [0.29, 0.717) is 11.4 Å². The minimum absolute atomic E-state index is 0.109. The smallest absolute Gasteiger partial charge is 0.294 e. The lowest BCUT2D eigenvalue weighted by Gasteiger charge is -1.98. The summed E-state index contributed by atoms with van der Waals surface area (Å²) in [7, 11) is 0. The van der Waals surface area contributed by atoms with E-state index in [1.165, 1.54) is 0 Å². The van der Waals surface area contributed by atoms with Gasteiger partial charge in [-0.3, -0.25) is 4.98 Å². The number of hydrogen-bond donors (Lipinski definition) is 0. The molecule has 0 bridgehead atoms. The van der Waals surface area contributed by atoms with Gasteiger partial charge >= 0.3 is 0 Å². The SMILES string of the molecule is Cc1[c]ccc(CO[N+](=O)[O-])n1. The largest absolute Gasteiger partial charge is 0.307 e. The van der Waals surface area contributed by atoms with Crippen LogP contribution in [0.2, 0.25) is 0 Å². The molecule has 5 heteroatoms. The molecule has 0 spiro atoms. The first-order chi connectivity index (χ1) is 5.68. The number of aromatic nitrogens is 1. The molecule has 0 saturated carbocycles. The molecule has 5 nitrogen and oxygen atoms in total. The Labute approximate surface area is 69.1 Å². The van der Waals surface area contributed by atoms with Crippen LogP contribution in [0.4, 0.5) is 0 Å². The van der Waals surface area contributed by atoms with Gasteiger partial charge in [0.05, 0.1) is 5.69 Å². The van der Waals surface area contributed by atoms with E-state index in [0.717, 1.165) is 0 Å². The number of rotatable bonds is 3. The molecule has 1 radical (unpaired) electrons. The van der Waals surface area contributed by atoms with Crippen LogP contribution < -0.4 is 0 Å². The van der Waals surface area contributed by atoms with Crippen LogP contribution in [0.5, 0.6) is 0 Å². The lowest BCUT2D eigenvalue weighted by Crippen LogP contribution is -2.02. The van der Waals surface area contributed by atoms with Crippen LogP contribution in [0.25, 0.3) is 0 Å². The molecule has 0 saturated heterocycles. The average molecular weight is 167 g/mol. The number of nitrogens with zero attached hydrogens (tertiary/aromatic N) is 2. The second kappa shape index (κ2) is 3.66. The summed E-state index contributed by atoms with van der Waals surface area (Å²) in [5.74, 6) is 0. The minimum Gasteiger partial charge on any atom is -0.307 e. The van der Waals surface area contributed by atoms with E-state index in [-0.39, 0.29) is 6.61 Å². The van der Waals surface area contributed by atoms with E-state index >= 15 is 0 Å². The van der Waals surface area contributed by atoms with Crippen LogP contribution in [0.15, 0.2) is 12.1 Å². The van der Waals surface area contributed by atoms with Crippen molar-refractivity contribution in [1.82, 2.24) is 4.98 Å². The normalized spacial score (nSPS) is 9.42. The zero-order valence-corrected chi connectivity index (χ0v) is 6.48. The molecule has 0 aliphatic rings. The first-order valence-electron chi connectivity index (χ1n) is 3.30. The number of aryl methyl sites for hydroxylation is 1. The minimum atomic E-state index is -0.840. The molecule has 1 rings (SSSR count). The van der Waals surface area contributed by atoms with Crippen LogP contribution in [0.1, 0.15) is 11.4 Å². The van der Waals surface area contributed by atoms with Crippen molar-refractivity contribution < 1.29 is 9.92 Å². The van der Waals surface area contributed by atoms with Crippen molar-refractivity contribution in [1.29, 1.82) is 0 Å². The van der Waals surface area contributed by atoms with Crippen LogP contribution in [0, 0.1) is 23.1 Å². The van der Waals surface area contributed by atoms with Gasteiger partial charge in [0.2, 0.25) is 0 Å². The first kappa shape index (κ1) is 8.45. The van der Waals surface area contributed by atoms with Gasteiger partial charge in [-0.15, -0.1) is 10.1 Å². The van der Waals surface area contributed by atoms with Crippen molar-refractivity contribution in [2.45, 2.75) is 13.5 Å². The molecule has 1 aromatic heterocycles. The molecule has 1 heterocycles. The molecule has 0 fully saturated rings. The third-order valence-electron chi connectivity index (χ3n) is 1.20. The summed E-state index contributed by atoms with van der Waals surface area (Å²) in [6, 6.07) is 6.10. The van der Waals surface area contributed by atoms with E-state index in [4.69, 9.17) is 0 Å². The predicted octanol–water partition coefficient (Wildman–Crippen LogP) is 0.899. The van der Waals surface area contributed by atoms with Gasteiger partial charge in [-0.05, 0) is 13.0 Å². The first-order valence-corrected chi connectivity index (χ1v) is 3.30. The maximum Gasteiger partial charge on any atom is 0.294 e. The van der Waals surface area contributed by atoms with E-state index < -0.39 is 5.09 Å². The molecule has 63 valence electrons. The summed E-state index contributed by atoms with van der Waals surface area (Å²) in [5.41, 5.74) is 1.22. The number of pyridine rings is 1. The Kier molecular flexibility index (Phi) is 2.57. The summed E-state index contributed by atoms with van der Waals surface area (Å²) in [4.78, 5) is 17.9. The van der Waals surface area contributed by atoms with Gasteiger partial charge in [-0.1, -0.05) is 6.07 Å². The quantitative estimate of drug-likeness (QED) is 0.495. The van der Waals surface area contributed by atoms with Crippen LogP contribution in [-0.4, -0.2) is 10.1 Å². The fraction of sp³-hybridized carbons (Fsp3) is 0.286. The van der Waals surface area contributed by atoms with Gasteiger partial charge in [0.15, 0.2) is 0 Å². The molecule has 1 aromatic rings. The van der Waals surface area contributed by atoms with Gasteiger partial charge in [0.1, 0.15) is 6.61 Å². The molecule has 0 N–H and O–H groups in total. The molecule has 0 aliphatic heterocycles. The Morgan fingerprint density at radius 3 is 3.17 bits per heavy atom. The van der Waals surface area contributed by atoms with E-state index in [2.05, 4.69) is 15.9 Å². The molecule has 0 aliphatic carbocycles. The zero-order chi connectivity index (χ0) is 8.97. The van der Waals surface area contributed by atoms with Gasteiger partial charge in [-0.25, -0.2) is 0 Å². The highest BCUT2D eigenvalue weighted by atomic mass is 16.9. The Bertz CT molecular complexity index is 288. The molecule has 0 amide bonds. The van der Waals surface area contributed by atoms with Crippen molar-refractivity contribution >= 4 is 0 Å². The maximum absolute atomic E-state index is 9.81. The second-order valence-electron chi connectivity index (χ2n) is 2.16. The third kappa shape index (κ3) is 2.53. The van der Waals surface area contributed by atoms with Gasteiger partial charge in [0.25, 0.3) is 5.09 Å². The Morgan fingerprint density at radius 2 is 2.58 bits per heavy atom. The molecule has 0 aromatic carbocycles. The monoisotopic (exact) mass is 167 g/mol. The summed E-state index contributed by atoms with van der Waals surface area (Å²) in [6.07, 6.45) is 0. The van der Waals surface area contributed by atoms with Gasteiger partial charge in [0, 0.05) is 11.8 Å². The Hall–Kier alpha value is -1.65. The molecule has 0 unspecified atom stereocenters. The van der Waals surface area contributed by atoms with Crippen molar-refractivity contribution in [2.24, 2.45) is 0 Å². The molecular weight excluding hydrogens is 160 g/mol. The lowest BCUT2D eigenvalue weighted by molar-refractivity contribution is -0.763. The maximum atomic E-state index is 9.81. The van der Waals surface area contributed by atoms with Crippen LogP contribution in [0.3, 0.4) is 0 Å². The third-order valence-corrected chi connectivity index (χ3v) is 1.20. The highest BCUT2D eigenvalue weighted by molar-refractivity contribution is 5.07.